The summed E-state index contributed by atoms with van der Waals surface area (Å²) >= 11 is 0. The Labute approximate surface area is 525 Å². The fourth-order valence-corrected chi connectivity index (χ4v) is 16.0. The smallest absolute Gasteiger partial charge is 0.276 e. The molecule has 88 heavy (non-hydrogen) atoms. The minimum atomic E-state index is -4.71. The molecule has 1 fully saturated rings. The zero-order valence-corrected chi connectivity index (χ0v) is 53.8. The summed E-state index contributed by atoms with van der Waals surface area (Å²) in [5.41, 5.74) is 7.76. The number of ether oxygens (including phenoxy) is 7. The Morgan fingerprint density at radius 3 is 2.05 bits per heavy atom. The number of aliphatic imine (C=N–C) groups is 1. The number of benzene rings is 5. The van der Waals surface area contributed by atoms with Crippen LogP contribution in [0.4, 0.5) is 28.4 Å². The first-order valence-electron chi connectivity index (χ1n) is 30.3. The topological polar surface area (TPSA) is 216 Å². The van der Waals surface area contributed by atoms with E-state index in [9.17, 15) is 27.4 Å². The van der Waals surface area contributed by atoms with Crippen LogP contribution in [0.5, 0.6) is 23.0 Å². The van der Waals surface area contributed by atoms with Crippen molar-refractivity contribution < 1.29 is 60.5 Å². The molecule has 5 aromatic rings. The number of nitrogens with one attached hydrogen (secondary N) is 2. The van der Waals surface area contributed by atoms with E-state index in [0.29, 0.717) is 105 Å². The maximum absolute atomic E-state index is 14.4. The maximum atomic E-state index is 14.4. The van der Waals surface area contributed by atoms with E-state index in [-0.39, 0.29) is 55.2 Å². The molecule has 4 aliphatic heterocycles. The molecule has 1 unspecified atom stereocenters. The molecule has 3 N–H and O–H groups in total. The fraction of sp³-hybridized carbons (Fsp3) is 0.485. The van der Waals surface area contributed by atoms with E-state index < -0.39 is 31.6 Å². The van der Waals surface area contributed by atoms with Crippen molar-refractivity contribution in [3.05, 3.63) is 124 Å². The van der Waals surface area contributed by atoms with E-state index in [1.54, 1.807) is 55.2 Å². The molecule has 0 spiro atoms. The van der Waals surface area contributed by atoms with Gasteiger partial charge in [0.15, 0.2) is 28.2 Å². The zero-order valence-electron chi connectivity index (χ0n) is 51.3. The molecule has 0 aromatic heterocycles. The third-order valence-electron chi connectivity index (χ3n) is 17.0. The predicted octanol–water partition coefficient (Wildman–Crippen LogP) is 10.9. The number of fused-ring (bicyclic) bond motifs is 8. The van der Waals surface area contributed by atoms with E-state index in [0.717, 1.165) is 77.8 Å². The molecule has 4 heterocycles. The maximum Gasteiger partial charge on any atom is 0.276 e. The van der Waals surface area contributed by atoms with Crippen LogP contribution in [-0.2, 0) is 55.2 Å². The summed E-state index contributed by atoms with van der Waals surface area (Å²) < 4.78 is 77.7. The first-order chi connectivity index (χ1) is 42.3. The van der Waals surface area contributed by atoms with Crippen molar-refractivity contribution in [1.82, 2.24) is 5.32 Å². The van der Waals surface area contributed by atoms with Gasteiger partial charge in [-0.3, -0.25) is 28.8 Å². The van der Waals surface area contributed by atoms with Gasteiger partial charge >= 0.3 is 0 Å². The summed E-state index contributed by atoms with van der Waals surface area (Å²) in [6.07, 6.45) is 8.32. The lowest BCUT2D eigenvalue weighted by molar-refractivity contribution is -0.123. The lowest BCUT2D eigenvalue weighted by atomic mass is 9.76. The Morgan fingerprint density at radius 1 is 0.761 bits per heavy atom. The molecule has 0 bridgehead atoms. The average molecular weight is 1260 g/mol. The number of anilines is 4. The zero-order chi connectivity index (χ0) is 62.2. The highest BCUT2D eigenvalue weighted by atomic mass is 33.1. The predicted molar refractivity (Wildman–Crippen MR) is 348 cm³/mol. The normalized spacial score (nSPS) is 17.5. The van der Waals surface area contributed by atoms with Crippen LogP contribution in [0.15, 0.2) is 96.0 Å². The minimum Gasteiger partial charge on any atom is -0.493 e. The van der Waals surface area contributed by atoms with Gasteiger partial charge in [0.05, 0.1) is 81.8 Å². The molecular formula is C66H82N6O13S3. The van der Waals surface area contributed by atoms with Gasteiger partial charge in [0.1, 0.15) is 13.2 Å². The molecule has 22 heteroatoms. The number of methoxy groups -OCH3 is 3. The molecule has 472 valence electrons. The first kappa shape index (κ1) is 64.5. The van der Waals surface area contributed by atoms with Gasteiger partial charge in [-0.2, -0.15) is 8.42 Å². The molecule has 10 rings (SSSR count). The molecule has 5 aromatic carbocycles. The number of hydrogen-bond donors (Lipinski definition) is 3. The Kier molecular flexibility index (Phi) is 20.9. The summed E-state index contributed by atoms with van der Waals surface area (Å²) in [4.78, 5) is 53.1. The van der Waals surface area contributed by atoms with Gasteiger partial charge in [-0.1, -0.05) is 77.2 Å². The average Bonchev–Trinajstić information content (AvgIpc) is 2.23. The summed E-state index contributed by atoms with van der Waals surface area (Å²) in [6, 6.07) is 28.8. The standard InChI is InChI=1S/C66H82N6O13S3/c1-65(2,87-86-28-21-61(88(76,77)78)62(73)69-66(3,4)47-17-9-8-10-18-47)42-70(22-23-82-26-27-83-25-24-79-5)48-30-43(40-84-59-36-53-51(34-57(59)80-6)63(74)71-49(38-67-53)32-45-15-11-13-19-55(45)71)29-44(31-48)41-85-60-37-54-52(35-58(60)81-7)64(75)72-50(39-68-54)33-46-16-12-14-20-56(46)72/h11-16,19-20,29-31,34-38,47,49-50,61,68H,8-10,17-18,21-28,32-33,39-42H2,1-7H3,(H,69,73)(H,76,77,78)/t49-,50-,61?/m0/s1. The summed E-state index contributed by atoms with van der Waals surface area (Å²) in [6.45, 7) is 11.7. The van der Waals surface area contributed by atoms with E-state index >= 15 is 0 Å². The Morgan fingerprint density at radius 2 is 1.38 bits per heavy atom. The molecule has 3 atom stereocenters. The molecule has 1 saturated carbocycles. The molecule has 5 aliphatic rings. The minimum absolute atomic E-state index is 0.0589. The number of amides is 3. The number of hydrogen-bond acceptors (Lipinski definition) is 17. The van der Waals surface area contributed by atoms with Crippen molar-refractivity contribution >= 4 is 84.1 Å². The highest BCUT2D eigenvalue weighted by Gasteiger charge is 2.41. The number of rotatable bonds is 29. The molecule has 0 saturated heterocycles. The van der Waals surface area contributed by atoms with Gasteiger partial charge < -0.3 is 53.6 Å². The first-order valence-corrected chi connectivity index (χ1v) is 34.1. The summed E-state index contributed by atoms with van der Waals surface area (Å²) in [5, 5.41) is 4.92. The SMILES string of the molecule is COCCOCCOCCN(CC(C)(C)SSCCC(C(=O)NC(C)(C)C1CCCCC1)S(=O)(=O)O)c1cc(COc2cc3c(cc2OC)C(=O)N2c4ccccc4C[C@H]2C=N3)cc(COc2cc3c(cc2OC)C(=O)N2c4ccccc4C[C@H]2CN3)c1. The quantitative estimate of drug-likeness (QED) is 0.0230. The molecule has 3 amide bonds. The van der Waals surface area contributed by atoms with Crippen molar-refractivity contribution in [2.24, 2.45) is 10.9 Å². The van der Waals surface area contributed by atoms with E-state index in [1.165, 1.54) is 10.8 Å². The third kappa shape index (κ3) is 15.2. The Hall–Kier alpha value is -6.53. The number of carbonyl (C=O) groups is 3. The number of nitrogens with zero attached hydrogens (tertiary/aromatic N) is 4. The molecule has 19 nitrogen and oxygen atoms in total. The van der Waals surface area contributed by atoms with Gasteiger partial charge in [-0.15, -0.1) is 0 Å². The second-order valence-electron chi connectivity index (χ2n) is 24.2. The Bertz CT molecular complexity index is 3470. The van der Waals surface area contributed by atoms with Crippen LogP contribution >= 0.6 is 21.6 Å². The molecule has 1 aliphatic carbocycles. The highest BCUT2D eigenvalue weighted by Crippen LogP contribution is 2.44. The van der Waals surface area contributed by atoms with Gasteiger partial charge in [0, 0.05) is 84.6 Å². The highest BCUT2D eigenvalue weighted by molar-refractivity contribution is 8.77. The van der Waals surface area contributed by atoms with Crippen LogP contribution in [0.2, 0.25) is 0 Å². The van der Waals surface area contributed by atoms with Crippen LogP contribution in [-0.4, -0.2) is 144 Å². The lowest BCUT2D eigenvalue weighted by Crippen LogP contribution is -2.54. The fourth-order valence-electron chi connectivity index (χ4n) is 12.5. The number of carbonyl (C=O) groups excluding carboxylic acids is 3. The van der Waals surface area contributed by atoms with Gasteiger partial charge in [0.2, 0.25) is 5.91 Å². The van der Waals surface area contributed by atoms with Crippen LogP contribution in [0, 0.1) is 5.92 Å². The van der Waals surface area contributed by atoms with E-state index in [4.69, 9.17) is 38.2 Å². The largest absolute Gasteiger partial charge is 0.493 e. The van der Waals surface area contributed by atoms with Crippen molar-refractivity contribution in [3.8, 4) is 23.0 Å². The second-order valence-corrected chi connectivity index (χ2v) is 28.9. The summed E-state index contributed by atoms with van der Waals surface area (Å²) in [5.74, 6) is 1.12. The molecular weight excluding hydrogens is 1180 g/mol. The van der Waals surface area contributed by atoms with Crippen LogP contribution in [0.25, 0.3) is 0 Å². The van der Waals surface area contributed by atoms with Crippen molar-refractivity contribution in [3.63, 3.8) is 0 Å². The van der Waals surface area contributed by atoms with Crippen LogP contribution < -0.4 is 44.3 Å². The lowest BCUT2D eigenvalue weighted by Gasteiger charge is -2.38. The van der Waals surface area contributed by atoms with Gasteiger partial charge in [-0.05, 0) is 124 Å². The van der Waals surface area contributed by atoms with E-state index in [1.807, 2.05) is 79.6 Å². The summed E-state index contributed by atoms with van der Waals surface area (Å²) in [7, 11) is 3.03. The van der Waals surface area contributed by atoms with Crippen LogP contribution in [0.3, 0.4) is 0 Å². The van der Waals surface area contributed by atoms with Crippen LogP contribution in [0.1, 0.15) is 109 Å². The molecule has 0 radical (unpaired) electrons. The van der Waals surface area contributed by atoms with Crippen molar-refractivity contribution in [2.75, 3.05) is 99.8 Å². The van der Waals surface area contributed by atoms with E-state index in [2.05, 4.69) is 47.6 Å². The van der Waals surface area contributed by atoms with Crippen molar-refractivity contribution in [2.45, 2.75) is 120 Å². The Balaban J connectivity index is 0.917. The van der Waals surface area contributed by atoms with Gasteiger partial charge in [0.25, 0.3) is 21.9 Å². The monoisotopic (exact) mass is 1260 g/mol. The van der Waals surface area contributed by atoms with Gasteiger partial charge in [-0.25, -0.2) is 0 Å². The third-order valence-corrected chi connectivity index (χ3v) is 21.5. The second kappa shape index (κ2) is 28.5. The number of para-hydroxylation sites is 2. The van der Waals surface area contributed by atoms with Crippen molar-refractivity contribution in [1.29, 1.82) is 0 Å².